The number of aromatic nitrogens is 4. The zero-order valence-electron chi connectivity index (χ0n) is 13.7. The smallest absolute Gasteiger partial charge is 0.240 e. The Morgan fingerprint density at radius 1 is 1.28 bits per heavy atom. The topological polar surface area (TPSA) is 64.2 Å². The summed E-state index contributed by atoms with van der Waals surface area (Å²) in [5, 5.41) is 4.99. The van der Waals surface area contributed by atoms with Crippen LogP contribution in [-0.4, -0.2) is 24.8 Å². The van der Waals surface area contributed by atoms with Gasteiger partial charge in [-0.25, -0.2) is 9.97 Å². The molecule has 0 fully saturated rings. The Bertz CT molecular complexity index is 972. The summed E-state index contributed by atoms with van der Waals surface area (Å²) < 4.78 is 3.81. The maximum atomic E-state index is 12.4. The summed E-state index contributed by atoms with van der Waals surface area (Å²) >= 11 is 1.57. The predicted octanol–water partition coefficient (Wildman–Crippen LogP) is 3.14. The maximum absolute atomic E-state index is 12.4. The molecule has 0 unspecified atom stereocenters. The Morgan fingerprint density at radius 2 is 2.12 bits per heavy atom. The summed E-state index contributed by atoms with van der Waals surface area (Å²) in [4.78, 5) is 22.3. The molecule has 126 valence electrons. The molecule has 0 aliphatic carbocycles. The Kier molecular flexibility index (Phi) is 4.07. The van der Waals surface area contributed by atoms with E-state index in [1.807, 2.05) is 70.2 Å². The van der Waals surface area contributed by atoms with E-state index in [1.54, 1.807) is 17.5 Å². The Morgan fingerprint density at radius 3 is 2.92 bits per heavy atom. The second kappa shape index (κ2) is 6.52. The molecule has 7 heteroatoms. The van der Waals surface area contributed by atoms with Gasteiger partial charge in [0, 0.05) is 35.7 Å². The van der Waals surface area contributed by atoms with Gasteiger partial charge in [0.05, 0.1) is 11.7 Å². The van der Waals surface area contributed by atoms with Crippen LogP contribution in [0, 0.1) is 0 Å². The van der Waals surface area contributed by atoms with E-state index in [0.29, 0.717) is 0 Å². The van der Waals surface area contributed by atoms with Gasteiger partial charge in [-0.3, -0.25) is 9.20 Å². The first-order chi connectivity index (χ1) is 12.2. The highest BCUT2D eigenvalue weighted by Gasteiger charge is 2.15. The van der Waals surface area contributed by atoms with Crippen molar-refractivity contribution in [2.45, 2.75) is 19.5 Å². The lowest BCUT2D eigenvalue weighted by molar-refractivity contribution is -0.122. The van der Waals surface area contributed by atoms with Gasteiger partial charge in [-0.1, -0.05) is 30.3 Å². The SMILES string of the molecule is C[C@@H](NC(=O)Cn1ccnc1-c1ccccc1)c1cn2ccsc2n1. The molecule has 3 heterocycles. The molecule has 1 amide bonds. The summed E-state index contributed by atoms with van der Waals surface area (Å²) in [5.74, 6) is 0.713. The number of carbonyl (C=O) groups excluding carboxylic acids is 1. The summed E-state index contributed by atoms with van der Waals surface area (Å²) in [7, 11) is 0. The molecule has 6 nitrogen and oxygen atoms in total. The van der Waals surface area contributed by atoms with Crippen LogP contribution >= 0.6 is 11.3 Å². The Balaban J connectivity index is 1.46. The molecule has 0 saturated heterocycles. The first kappa shape index (κ1) is 15.6. The molecule has 1 aromatic carbocycles. The number of fused-ring (bicyclic) bond motifs is 1. The van der Waals surface area contributed by atoms with Crippen LogP contribution < -0.4 is 5.32 Å². The van der Waals surface area contributed by atoms with E-state index in [2.05, 4.69) is 15.3 Å². The molecular weight excluding hydrogens is 334 g/mol. The molecular formula is C18H17N5OS. The lowest BCUT2D eigenvalue weighted by Crippen LogP contribution is -2.30. The fraction of sp³-hybridized carbons (Fsp3) is 0.167. The average molecular weight is 351 g/mol. The van der Waals surface area contributed by atoms with Crippen LogP contribution in [0.25, 0.3) is 16.3 Å². The molecule has 1 atom stereocenters. The molecule has 0 saturated carbocycles. The summed E-state index contributed by atoms with van der Waals surface area (Å²) in [5.41, 5.74) is 1.84. The van der Waals surface area contributed by atoms with Crippen molar-refractivity contribution < 1.29 is 4.79 Å². The van der Waals surface area contributed by atoms with Gasteiger partial charge >= 0.3 is 0 Å². The number of thiazole rings is 1. The molecule has 0 aliphatic rings. The number of carbonyl (C=O) groups is 1. The van der Waals surface area contributed by atoms with Crippen molar-refractivity contribution in [3.8, 4) is 11.4 Å². The lowest BCUT2D eigenvalue weighted by atomic mass is 10.2. The molecule has 0 radical (unpaired) electrons. The number of imidazole rings is 2. The number of hydrogen-bond donors (Lipinski definition) is 1. The molecule has 0 bridgehead atoms. The zero-order valence-corrected chi connectivity index (χ0v) is 14.5. The van der Waals surface area contributed by atoms with Crippen molar-refractivity contribution >= 4 is 22.2 Å². The van der Waals surface area contributed by atoms with E-state index >= 15 is 0 Å². The van der Waals surface area contributed by atoms with Crippen LogP contribution in [0.2, 0.25) is 0 Å². The number of benzene rings is 1. The standard InChI is InChI=1S/C18H17N5OS/c1-13(15-11-23-9-10-25-18(23)21-15)20-16(24)12-22-8-7-19-17(22)14-5-3-2-4-6-14/h2-11,13H,12H2,1H3,(H,20,24)/t13-/m1/s1. The normalized spacial score (nSPS) is 12.4. The van der Waals surface area contributed by atoms with E-state index in [9.17, 15) is 4.79 Å². The second-order valence-electron chi connectivity index (χ2n) is 5.79. The highest BCUT2D eigenvalue weighted by molar-refractivity contribution is 7.15. The summed E-state index contributed by atoms with van der Waals surface area (Å²) in [6.45, 7) is 2.16. The van der Waals surface area contributed by atoms with Gasteiger partial charge in [0.15, 0.2) is 4.96 Å². The van der Waals surface area contributed by atoms with Gasteiger partial charge in [-0.2, -0.15) is 0 Å². The van der Waals surface area contributed by atoms with Gasteiger partial charge in [-0.05, 0) is 6.92 Å². The van der Waals surface area contributed by atoms with Gasteiger partial charge in [-0.15, -0.1) is 11.3 Å². The third-order valence-corrected chi connectivity index (χ3v) is 4.77. The first-order valence-electron chi connectivity index (χ1n) is 7.99. The van der Waals surface area contributed by atoms with E-state index < -0.39 is 0 Å². The van der Waals surface area contributed by atoms with Crippen molar-refractivity contribution in [3.05, 3.63) is 66.2 Å². The fourth-order valence-electron chi connectivity index (χ4n) is 2.75. The molecule has 25 heavy (non-hydrogen) atoms. The van der Waals surface area contributed by atoms with E-state index in [-0.39, 0.29) is 18.5 Å². The predicted molar refractivity (Wildman–Crippen MR) is 97.3 cm³/mol. The van der Waals surface area contributed by atoms with Crippen LogP contribution in [-0.2, 0) is 11.3 Å². The largest absolute Gasteiger partial charge is 0.346 e. The lowest BCUT2D eigenvalue weighted by Gasteiger charge is -2.13. The molecule has 0 spiro atoms. The van der Waals surface area contributed by atoms with Gasteiger partial charge in [0.25, 0.3) is 0 Å². The number of nitrogens with zero attached hydrogens (tertiary/aromatic N) is 4. The third kappa shape index (κ3) is 3.18. The van der Waals surface area contributed by atoms with Crippen LogP contribution in [0.1, 0.15) is 18.7 Å². The van der Waals surface area contributed by atoms with Gasteiger partial charge in [0.1, 0.15) is 12.4 Å². The Labute approximate surface area is 148 Å². The monoisotopic (exact) mass is 351 g/mol. The van der Waals surface area contributed by atoms with Crippen LogP contribution in [0.3, 0.4) is 0 Å². The number of rotatable bonds is 5. The minimum atomic E-state index is -0.150. The molecule has 1 N–H and O–H groups in total. The third-order valence-electron chi connectivity index (χ3n) is 3.99. The van der Waals surface area contributed by atoms with Crippen molar-refractivity contribution in [1.82, 2.24) is 24.3 Å². The highest BCUT2D eigenvalue weighted by Crippen LogP contribution is 2.18. The van der Waals surface area contributed by atoms with Crippen molar-refractivity contribution in [2.24, 2.45) is 0 Å². The van der Waals surface area contributed by atoms with Crippen molar-refractivity contribution in [3.63, 3.8) is 0 Å². The number of amides is 1. The highest BCUT2D eigenvalue weighted by atomic mass is 32.1. The van der Waals surface area contributed by atoms with E-state index in [1.165, 1.54) is 0 Å². The quantitative estimate of drug-likeness (QED) is 0.601. The summed E-state index contributed by atoms with van der Waals surface area (Å²) in [6, 6.07) is 9.69. The minimum absolute atomic E-state index is 0.0703. The fourth-order valence-corrected chi connectivity index (χ4v) is 3.46. The average Bonchev–Trinajstić information content (AvgIpc) is 3.31. The molecule has 0 aliphatic heterocycles. The molecule has 4 rings (SSSR count). The van der Waals surface area contributed by atoms with E-state index in [4.69, 9.17) is 0 Å². The van der Waals surface area contributed by atoms with Gasteiger partial charge < -0.3 is 9.88 Å². The summed E-state index contributed by atoms with van der Waals surface area (Å²) in [6.07, 6.45) is 7.44. The van der Waals surface area contributed by atoms with Crippen molar-refractivity contribution in [1.29, 1.82) is 0 Å². The van der Waals surface area contributed by atoms with Crippen LogP contribution in [0.15, 0.2) is 60.5 Å². The Hall–Kier alpha value is -2.93. The molecule has 4 aromatic rings. The minimum Gasteiger partial charge on any atom is -0.346 e. The van der Waals surface area contributed by atoms with Crippen molar-refractivity contribution in [2.75, 3.05) is 0 Å². The van der Waals surface area contributed by atoms with Gasteiger partial charge in [0.2, 0.25) is 5.91 Å². The molecule has 3 aromatic heterocycles. The second-order valence-corrected chi connectivity index (χ2v) is 6.67. The maximum Gasteiger partial charge on any atom is 0.240 e. The zero-order chi connectivity index (χ0) is 17.2. The first-order valence-corrected chi connectivity index (χ1v) is 8.86. The van der Waals surface area contributed by atoms with Crippen LogP contribution in [0.5, 0.6) is 0 Å². The number of hydrogen-bond acceptors (Lipinski definition) is 4. The number of nitrogens with one attached hydrogen (secondary N) is 1. The van der Waals surface area contributed by atoms with E-state index in [0.717, 1.165) is 22.0 Å². The van der Waals surface area contributed by atoms with Crippen LogP contribution in [0.4, 0.5) is 0 Å².